The molecule has 0 unspecified atom stereocenters. The first-order valence-electron chi connectivity index (χ1n) is 8.39. The normalized spacial score (nSPS) is 10.6. The summed E-state index contributed by atoms with van der Waals surface area (Å²) in [6.45, 7) is -0.646. The van der Waals surface area contributed by atoms with Crippen LogP contribution in [-0.4, -0.2) is 44.0 Å². The van der Waals surface area contributed by atoms with E-state index in [1.165, 1.54) is 0 Å². The number of rotatable bonds is 6. The highest BCUT2D eigenvalue weighted by atomic mass is 16.5. The fourth-order valence-electron chi connectivity index (χ4n) is 2.51. The number of nitrogens with one attached hydrogen (secondary N) is 1. The molecular weight excluding hydrogens is 366 g/mol. The van der Waals surface area contributed by atoms with Gasteiger partial charge in [-0.15, -0.1) is 5.10 Å². The Labute approximate surface area is 158 Å². The molecule has 0 spiro atoms. The second-order valence-electron chi connectivity index (χ2n) is 5.93. The van der Waals surface area contributed by atoms with Crippen molar-refractivity contribution in [2.24, 2.45) is 7.05 Å². The number of aryl methyl sites for hydroxylation is 2. The molecule has 2 heterocycles. The molecule has 1 aromatic carbocycles. The van der Waals surface area contributed by atoms with Crippen molar-refractivity contribution in [1.82, 2.24) is 24.9 Å². The zero-order valence-corrected chi connectivity index (χ0v) is 15.0. The maximum Gasteiger partial charge on any atom is 0.308 e. The molecule has 0 atom stereocenters. The third kappa shape index (κ3) is 4.29. The van der Waals surface area contributed by atoms with Crippen LogP contribution in [-0.2, 0) is 27.9 Å². The quantitative estimate of drug-likeness (QED) is 0.595. The monoisotopic (exact) mass is 383 g/mol. The zero-order valence-electron chi connectivity index (χ0n) is 15.0. The molecule has 144 valence electrons. The maximum absolute atomic E-state index is 12.3. The Morgan fingerprint density at radius 3 is 2.68 bits per heavy atom. The molecule has 0 radical (unpaired) electrons. The van der Waals surface area contributed by atoms with Gasteiger partial charge >= 0.3 is 5.97 Å². The van der Waals surface area contributed by atoms with Gasteiger partial charge in [-0.05, 0) is 24.3 Å². The Hall–Kier alpha value is -3.82. The third-order valence-corrected chi connectivity index (χ3v) is 3.95. The van der Waals surface area contributed by atoms with Crippen molar-refractivity contribution in [3.8, 4) is 0 Å². The van der Waals surface area contributed by atoms with E-state index in [1.54, 1.807) is 54.2 Å². The van der Waals surface area contributed by atoms with Crippen LogP contribution in [0.5, 0.6) is 0 Å². The molecule has 0 saturated carbocycles. The van der Waals surface area contributed by atoms with Crippen LogP contribution in [0.4, 0.5) is 0 Å². The average Bonchev–Trinajstić information content (AvgIpc) is 3.12. The molecule has 0 bridgehead atoms. The predicted octanol–water partition coefficient (Wildman–Crippen LogP) is 0.0199. The summed E-state index contributed by atoms with van der Waals surface area (Å²) in [5, 5.41) is 10.2. The van der Waals surface area contributed by atoms with Gasteiger partial charge in [-0.3, -0.25) is 24.5 Å². The second kappa shape index (κ2) is 8.25. The summed E-state index contributed by atoms with van der Waals surface area (Å²) in [6.07, 6.45) is 1.49. The minimum Gasteiger partial charge on any atom is -0.456 e. The molecule has 3 rings (SSSR count). The second-order valence-corrected chi connectivity index (χ2v) is 5.93. The van der Waals surface area contributed by atoms with Crippen molar-refractivity contribution in [3.05, 3.63) is 58.6 Å². The van der Waals surface area contributed by atoms with Crippen LogP contribution in [0, 0.1) is 0 Å². The Morgan fingerprint density at radius 1 is 1.14 bits per heavy atom. The van der Waals surface area contributed by atoms with Gasteiger partial charge in [0.05, 0.1) is 18.4 Å². The lowest BCUT2D eigenvalue weighted by molar-refractivity contribution is -0.148. The van der Waals surface area contributed by atoms with E-state index in [0.717, 1.165) is 4.68 Å². The summed E-state index contributed by atoms with van der Waals surface area (Å²) in [7, 11) is 1.66. The topological polar surface area (TPSA) is 125 Å². The average molecular weight is 383 g/mol. The summed E-state index contributed by atoms with van der Waals surface area (Å²) in [6, 6.07) is 9.95. The summed E-state index contributed by atoms with van der Waals surface area (Å²) in [5.41, 5.74) is 0.393. The highest BCUT2D eigenvalue weighted by molar-refractivity contribution is 6.04. The number of imide groups is 1. The van der Waals surface area contributed by atoms with Gasteiger partial charge in [0.1, 0.15) is 11.2 Å². The van der Waals surface area contributed by atoms with Crippen molar-refractivity contribution in [2.45, 2.75) is 13.0 Å². The van der Waals surface area contributed by atoms with Gasteiger partial charge in [0.2, 0.25) is 0 Å². The van der Waals surface area contributed by atoms with Crippen molar-refractivity contribution in [2.75, 3.05) is 6.61 Å². The number of hydrogen-bond donors (Lipinski definition) is 1. The minimum atomic E-state index is -0.748. The van der Waals surface area contributed by atoms with Gasteiger partial charge in [0.15, 0.2) is 6.61 Å². The maximum atomic E-state index is 12.3. The molecular formula is C18H17N5O5. The molecule has 0 saturated heterocycles. The van der Waals surface area contributed by atoms with Crippen molar-refractivity contribution < 1.29 is 19.1 Å². The SMILES string of the molecule is Cn1cccc1C(=O)NC(=O)COC(=O)CCn1nnc2ccccc2c1=O. The van der Waals surface area contributed by atoms with Gasteiger partial charge in [0, 0.05) is 13.2 Å². The largest absolute Gasteiger partial charge is 0.456 e. The van der Waals surface area contributed by atoms with E-state index in [1.807, 2.05) is 0 Å². The first-order valence-corrected chi connectivity index (χ1v) is 8.39. The molecule has 1 N–H and O–H groups in total. The molecule has 0 aliphatic rings. The lowest BCUT2D eigenvalue weighted by Gasteiger charge is -2.07. The van der Waals surface area contributed by atoms with Crippen LogP contribution in [0.25, 0.3) is 10.9 Å². The molecule has 0 fully saturated rings. The molecule has 2 aromatic heterocycles. The number of fused-ring (bicyclic) bond motifs is 1. The van der Waals surface area contributed by atoms with E-state index in [2.05, 4.69) is 15.6 Å². The Bertz CT molecular complexity index is 1100. The van der Waals surface area contributed by atoms with E-state index in [0.29, 0.717) is 16.6 Å². The number of hydrogen-bond acceptors (Lipinski definition) is 7. The number of nitrogens with zero attached hydrogens (tertiary/aromatic N) is 4. The van der Waals surface area contributed by atoms with Crippen LogP contribution >= 0.6 is 0 Å². The molecule has 2 amide bonds. The summed E-state index contributed by atoms with van der Waals surface area (Å²) in [4.78, 5) is 47.7. The lowest BCUT2D eigenvalue weighted by atomic mass is 10.2. The van der Waals surface area contributed by atoms with Crippen LogP contribution in [0.15, 0.2) is 47.4 Å². The predicted molar refractivity (Wildman–Crippen MR) is 97.3 cm³/mol. The third-order valence-electron chi connectivity index (χ3n) is 3.95. The first kappa shape index (κ1) is 19.0. The van der Waals surface area contributed by atoms with E-state index < -0.39 is 24.4 Å². The number of esters is 1. The summed E-state index contributed by atoms with van der Waals surface area (Å²) >= 11 is 0. The Balaban J connectivity index is 1.49. The van der Waals surface area contributed by atoms with E-state index in [-0.39, 0.29) is 18.5 Å². The minimum absolute atomic E-state index is 0.0423. The number of carbonyl (C=O) groups is 3. The van der Waals surface area contributed by atoms with Crippen LogP contribution < -0.4 is 10.9 Å². The molecule has 0 aliphatic heterocycles. The fourth-order valence-corrected chi connectivity index (χ4v) is 2.51. The summed E-state index contributed by atoms with van der Waals surface area (Å²) < 4.78 is 7.44. The molecule has 28 heavy (non-hydrogen) atoms. The smallest absolute Gasteiger partial charge is 0.308 e. The Kier molecular flexibility index (Phi) is 5.58. The van der Waals surface area contributed by atoms with Gasteiger partial charge < -0.3 is 9.30 Å². The van der Waals surface area contributed by atoms with Gasteiger partial charge in [-0.2, -0.15) is 0 Å². The number of amides is 2. The summed E-state index contributed by atoms with van der Waals surface area (Å²) in [5.74, 6) is -2.04. The Morgan fingerprint density at radius 2 is 1.93 bits per heavy atom. The van der Waals surface area contributed by atoms with Crippen molar-refractivity contribution >= 4 is 28.7 Å². The van der Waals surface area contributed by atoms with Crippen molar-refractivity contribution in [1.29, 1.82) is 0 Å². The van der Waals surface area contributed by atoms with Gasteiger partial charge in [-0.1, -0.05) is 17.3 Å². The highest BCUT2D eigenvalue weighted by Crippen LogP contribution is 2.03. The van der Waals surface area contributed by atoms with Crippen LogP contribution in [0.1, 0.15) is 16.9 Å². The van der Waals surface area contributed by atoms with Crippen molar-refractivity contribution in [3.63, 3.8) is 0 Å². The standard InChI is InChI=1S/C18H17N5O5/c1-22-9-4-7-14(22)17(26)19-15(24)11-28-16(25)8-10-23-18(27)12-5-2-3-6-13(12)20-21-23/h2-7,9H,8,10-11H2,1H3,(H,19,24,26). The van der Waals surface area contributed by atoms with Gasteiger partial charge in [0.25, 0.3) is 17.4 Å². The number of ether oxygens (including phenoxy) is 1. The fraction of sp³-hybridized carbons (Fsp3) is 0.222. The van der Waals surface area contributed by atoms with E-state index in [9.17, 15) is 19.2 Å². The lowest BCUT2D eigenvalue weighted by Crippen LogP contribution is -2.35. The van der Waals surface area contributed by atoms with Crippen LogP contribution in [0.3, 0.4) is 0 Å². The van der Waals surface area contributed by atoms with Crippen LogP contribution in [0.2, 0.25) is 0 Å². The number of carbonyl (C=O) groups excluding carboxylic acids is 3. The number of benzene rings is 1. The molecule has 10 heteroatoms. The first-order chi connectivity index (χ1) is 13.5. The van der Waals surface area contributed by atoms with Gasteiger partial charge in [-0.25, -0.2) is 4.68 Å². The zero-order chi connectivity index (χ0) is 20.1. The van der Waals surface area contributed by atoms with E-state index in [4.69, 9.17) is 4.74 Å². The number of aromatic nitrogens is 4. The highest BCUT2D eigenvalue weighted by Gasteiger charge is 2.15. The molecule has 3 aromatic rings. The van der Waals surface area contributed by atoms with E-state index >= 15 is 0 Å². The molecule has 10 nitrogen and oxygen atoms in total. The molecule has 0 aliphatic carbocycles.